The van der Waals surface area contributed by atoms with Gasteiger partial charge in [0.25, 0.3) is 10.0 Å². The fraction of sp³-hybridized carbons (Fsp3) is 0.269. The van der Waals surface area contributed by atoms with Crippen LogP contribution in [0.25, 0.3) is 0 Å². The van der Waals surface area contributed by atoms with Gasteiger partial charge >= 0.3 is 0 Å². The van der Waals surface area contributed by atoms with Crippen LogP contribution in [0.2, 0.25) is 0 Å². The average molecular weight is 515 g/mol. The highest BCUT2D eigenvalue weighted by atomic mass is 32.2. The standard InChI is InChI=1S/C26H30N2O5S2/c1-5-25(21-11-13-23(14-12-21)34(4,30)31)27-26(29)18-28(22-16-19(2)15-20(3)17-22)35(32,33)24-9-7-6-8-10-24/h6-17,25H,5,18H2,1-4H3,(H,27,29). The maximum absolute atomic E-state index is 13.5. The van der Waals surface area contributed by atoms with Crippen molar-refractivity contribution < 1.29 is 21.6 Å². The van der Waals surface area contributed by atoms with Crippen molar-refractivity contribution in [2.45, 2.75) is 43.0 Å². The summed E-state index contributed by atoms with van der Waals surface area (Å²) in [4.78, 5) is 13.4. The number of sulfonamides is 1. The molecule has 0 aliphatic rings. The van der Waals surface area contributed by atoms with Crippen LogP contribution in [0.5, 0.6) is 0 Å². The largest absolute Gasteiger partial charge is 0.348 e. The average Bonchev–Trinajstić information content (AvgIpc) is 2.80. The molecule has 0 spiro atoms. The molecule has 1 amide bonds. The Kier molecular flexibility index (Phi) is 8.02. The van der Waals surface area contributed by atoms with E-state index in [4.69, 9.17) is 0 Å². The first-order chi connectivity index (χ1) is 16.4. The zero-order valence-corrected chi connectivity index (χ0v) is 21.9. The zero-order valence-electron chi connectivity index (χ0n) is 20.2. The summed E-state index contributed by atoms with van der Waals surface area (Å²) in [6.45, 7) is 5.23. The van der Waals surface area contributed by atoms with Crippen LogP contribution in [0.3, 0.4) is 0 Å². The molecule has 0 aromatic heterocycles. The number of nitrogens with one attached hydrogen (secondary N) is 1. The molecule has 1 N–H and O–H groups in total. The van der Waals surface area contributed by atoms with Crippen molar-refractivity contribution in [2.24, 2.45) is 0 Å². The van der Waals surface area contributed by atoms with Crippen LogP contribution in [-0.2, 0) is 24.7 Å². The third kappa shape index (κ3) is 6.49. The van der Waals surface area contributed by atoms with Gasteiger partial charge in [-0.2, -0.15) is 0 Å². The smallest absolute Gasteiger partial charge is 0.264 e. The summed E-state index contributed by atoms with van der Waals surface area (Å²) in [5.74, 6) is -0.470. The minimum absolute atomic E-state index is 0.0929. The molecule has 0 saturated heterocycles. The molecule has 0 saturated carbocycles. The van der Waals surface area contributed by atoms with Gasteiger partial charge in [0.2, 0.25) is 5.91 Å². The lowest BCUT2D eigenvalue weighted by Crippen LogP contribution is -2.42. The van der Waals surface area contributed by atoms with Crippen molar-refractivity contribution in [3.63, 3.8) is 0 Å². The van der Waals surface area contributed by atoms with Crippen molar-refractivity contribution >= 4 is 31.5 Å². The van der Waals surface area contributed by atoms with Gasteiger partial charge in [-0.15, -0.1) is 0 Å². The van der Waals surface area contributed by atoms with Crippen LogP contribution in [-0.4, -0.2) is 35.5 Å². The predicted octanol–water partition coefficient (Wildman–Crippen LogP) is 4.17. The van der Waals surface area contributed by atoms with E-state index in [1.807, 2.05) is 26.8 Å². The maximum Gasteiger partial charge on any atom is 0.264 e. The Hall–Kier alpha value is -3.17. The Morgan fingerprint density at radius 2 is 1.43 bits per heavy atom. The van der Waals surface area contributed by atoms with Gasteiger partial charge in [0.15, 0.2) is 9.84 Å². The number of carbonyl (C=O) groups excluding carboxylic acids is 1. The molecule has 0 radical (unpaired) electrons. The van der Waals surface area contributed by atoms with Crippen LogP contribution in [0.4, 0.5) is 5.69 Å². The number of nitrogens with zero attached hydrogens (tertiary/aromatic N) is 1. The van der Waals surface area contributed by atoms with Crippen molar-refractivity contribution in [3.05, 3.63) is 89.5 Å². The van der Waals surface area contributed by atoms with Gasteiger partial charge in [-0.25, -0.2) is 16.8 Å². The van der Waals surface area contributed by atoms with E-state index in [-0.39, 0.29) is 9.79 Å². The summed E-state index contributed by atoms with van der Waals surface area (Å²) in [5.41, 5.74) is 2.90. The fourth-order valence-electron chi connectivity index (χ4n) is 3.87. The predicted molar refractivity (Wildman–Crippen MR) is 138 cm³/mol. The molecule has 3 aromatic rings. The minimum atomic E-state index is -4.01. The van der Waals surface area contributed by atoms with Crippen LogP contribution in [0.15, 0.2) is 82.6 Å². The van der Waals surface area contributed by atoms with Crippen molar-refractivity contribution in [1.82, 2.24) is 5.32 Å². The lowest BCUT2D eigenvalue weighted by Gasteiger charge is -2.26. The fourth-order valence-corrected chi connectivity index (χ4v) is 5.92. The van der Waals surface area contributed by atoms with Gasteiger partial charge in [0.05, 0.1) is 21.5 Å². The van der Waals surface area contributed by atoms with E-state index in [2.05, 4.69) is 5.32 Å². The number of amides is 1. The molecule has 9 heteroatoms. The van der Waals surface area contributed by atoms with Crippen LogP contribution < -0.4 is 9.62 Å². The number of hydrogen-bond donors (Lipinski definition) is 1. The van der Waals surface area contributed by atoms with Crippen molar-refractivity contribution in [2.75, 3.05) is 17.1 Å². The van der Waals surface area contributed by atoms with Gasteiger partial charge in [-0.05, 0) is 73.4 Å². The highest BCUT2D eigenvalue weighted by molar-refractivity contribution is 7.93. The van der Waals surface area contributed by atoms with E-state index in [0.717, 1.165) is 27.3 Å². The van der Waals surface area contributed by atoms with Crippen LogP contribution >= 0.6 is 0 Å². The molecule has 186 valence electrons. The molecule has 0 fully saturated rings. The molecule has 0 aliphatic heterocycles. The molecule has 0 heterocycles. The highest BCUT2D eigenvalue weighted by Crippen LogP contribution is 2.26. The third-order valence-electron chi connectivity index (χ3n) is 5.57. The van der Waals surface area contributed by atoms with Gasteiger partial charge in [-0.3, -0.25) is 9.10 Å². The normalized spacial score (nSPS) is 12.7. The molecular weight excluding hydrogens is 484 g/mol. The quantitative estimate of drug-likeness (QED) is 0.462. The Morgan fingerprint density at radius 1 is 0.857 bits per heavy atom. The molecule has 0 aliphatic carbocycles. The second-order valence-corrected chi connectivity index (χ2v) is 12.4. The van der Waals surface area contributed by atoms with E-state index >= 15 is 0 Å². The molecule has 0 bridgehead atoms. The zero-order chi connectivity index (χ0) is 25.8. The number of benzene rings is 3. The lowest BCUT2D eigenvalue weighted by molar-refractivity contribution is -0.120. The Balaban J connectivity index is 1.91. The van der Waals surface area contributed by atoms with Crippen molar-refractivity contribution in [1.29, 1.82) is 0 Å². The first-order valence-electron chi connectivity index (χ1n) is 11.2. The summed E-state index contributed by atoms with van der Waals surface area (Å²) < 4.78 is 51.7. The topological polar surface area (TPSA) is 101 Å². The number of sulfone groups is 1. The highest BCUT2D eigenvalue weighted by Gasteiger charge is 2.28. The lowest BCUT2D eigenvalue weighted by atomic mass is 10.0. The third-order valence-corrected chi connectivity index (χ3v) is 8.48. The monoisotopic (exact) mass is 514 g/mol. The van der Waals surface area contributed by atoms with Crippen LogP contribution in [0, 0.1) is 13.8 Å². The van der Waals surface area contributed by atoms with Gasteiger partial charge in [0.1, 0.15) is 6.54 Å². The summed E-state index contributed by atoms with van der Waals surface area (Å²) in [5, 5.41) is 2.90. The number of hydrogen-bond acceptors (Lipinski definition) is 5. The summed E-state index contributed by atoms with van der Waals surface area (Å²) in [6, 6.07) is 19.3. The Labute approximate surface area is 207 Å². The van der Waals surface area contributed by atoms with Crippen LogP contribution in [0.1, 0.15) is 36.1 Å². The number of rotatable bonds is 9. The van der Waals surface area contributed by atoms with Gasteiger partial charge < -0.3 is 5.32 Å². The number of anilines is 1. The SMILES string of the molecule is CCC(NC(=O)CN(c1cc(C)cc(C)c1)S(=O)(=O)c1ccccc1)c1ccc(S(C)(=O)=O)cc1. The molecule has 3 rings (SSSR count). The van der Waals surface area contributed by atoms with Gasteiger partial charge in [-0.1, -0.05) is 43.3 Å². The van der Waals surface area contributed by atoms with E-state index in [1.54, 1.807) is 42.5 Å². The molecule has 7 nitrogen and oxygen atoms in total. The Morgan fingerprint density at radius 3 is 1.94 bits per heavy atom. The maximum atomic E-state index is 13.5. The van der Waals surface area contributed by atoms with Gasteiger partial charge in [0, 0.05) is 6.26 Å². The minimum Gasteiger partial charge on any atom is -0.348 e. The van der Waals surface area contributed by atoms with E-state index in [1.165, 1.54) is 24.3 Å². The molecule has 1 unspecified atom stereocenters. The second kappa shape index (κ2) is 10.6. The molecule has 1 atom stereocenters. The first kappa shape index (κ1) is 26.4. The van der Waals surface area contributed by atoms with Crippen molar-refractivity contribution in [3.8, 4) is 0 Å². The summed E-state index contributed by atoms with van der Waals surface area (Å²) in [7, 11) is -7.34. The number of carbonyl (C=O) groups is 1. The van der Waals surface area contributed by atoms with E-state index in [0.29, 0.717) is 12.1 Å². The molecular formula is C26H30N2O5S2. The Bertz CT molecular complexity index is 1380. The summed E-state index contributed by atoms with van der Waals surface area (Å²) >= 11 is 0. The summed E-state index contributed by atoms with van der Waals surface area (Å²) in [6.07, 6.45) is 1.68. The van der Waals surface area contributed by atoms with E-state index < -0.39 is 38.4 Å². The van der Waals surface area contributed by atoms with E-state index in [9.17, 15) is 21.6 Å². The first-order valence-corrected chi connectivity index (χ1v) is 14.5. The number of aryl methyl sites for hydroxylation is 2. The second-order valence-electron chi connectivity index (χ2n) is 8.54. The molecule has 35 heavy (non-hydrogen) atoms. The molecule has 3 aromatic carbocycles.